The van der Waals surface area contributed by atoms with Gasteiger partial charge in [0.15, 0.2) is 11.5 Å². The van der Waals surface area contributed by atoms with E-state index >= 15 is 0 Å². The Kier molecular flexibility index (Phi) is 10.3. The second-order valence-corrected chi connectivity index (χ2v) is 16.5. The number of hydrogen-bond donors (Lipinski definition) is 3. The minimum Gasteiger partial charge on any atom is -0.664 e. The van der Waals surface area contributed by atoms with Crippen LogP contribution in [-0.2, 0) is 35.3 Å². The maximum absolute atomic E-state index is 14.7. The third-order valence-electron chi connectivity index (χ3n) is 12.6. The quantitative estimate of drug-likeness (QED) is 0.157. The Bertz CT molecular complexity index is 2360. The monoisotopic (exact) mass is 759 g/mol. The van der Waals surface area contributed by atoms with Crippen LogP contribution in [0.15, 0.2) is 90.8 Å². The number of aromatic amines is 1. The molecule has 3 aromatic carbocycles. The van der Waals surface area contributed by atoms with E-state index < -0.39 is 5.92 Å². The Labute approximate surface area is 334 Å². The maximum atomic E-state index is 14.7. The number of phenols is 2. The summed E-state index contributed by atoms with van der Waals surface area (Å²) in [7, 11) is 0. The Balaban J connectivity index is 1.06. The van der Waals surface area contributed by atoms with Crippen LogP contribution in [0.5, 0.6) is 17.2 Å². The first-order valence-corrected chi connectivity index (χ1v) is 20.6. The molecule has 1 aliphatic heterocycles. The second-order valence-electron chi connectivity index (χ2n) is 16.5. The van der Waals surface area contributed by atoms with Gasteiger partial charge in [-0.1, -0.05) is 96.0 Å². The number of nitrogens with zero attached hydrogens (tertiary/aromatic N) is 2. The molecule has 0 amide bonds. The number of benzene rings is 3. The van der Waals surface area contributed by atoms with Gasteiger partial charge in [0.1, 0.15) is 17.3 Å². The number of aromatic hydroxyl groups is 2. The highest BCUT2D eigenvalue weighted by molar-refractivity contribution is 6.02. The topological polar surface area (TPSA) is 128 Å². The fourth-order valence-corrected chi connectivity index (χ4v) is 9.64. The smallest absolute Gasteiger partial charge is 0.161 e. The molecule has 4 aliphatic rings. The maximum Gasteiger partial charge on any atom is 0.161 e. The number of Topliss-reactive ketones (excluding diaryl/α,β-unsaturated/α-hetero) is 2. The van der Waals surface area contributed by atoms with Gasteiger partial charge in [-0.3, -0.25) is 9.59 Å². The molecule has 8 nitrogen and oxygen atoms in total. The first-order valence-electron chi connectivity index (χ1n) is 20.6. The van der Waals surface area contributed by atoms with E-state index in [1.54, 1.807) is 6.07 Å². The molecule has 1 saturated carbocycles. The van der Waals surface area contributed by atoms with Crippen molar-refractivity contribution >= 4 is 29.5 Å². The van der Waals surface area contributed by atoms with Crippen molar-refractivity contribution in [3.8, 4) is 17.2 Å². The molecular formula is C49H49N3O5-2. The van der Waals surface area contributed by atoms with Crippen molar-refractivity contribution in [2.75, 3.05) is 6.54 Å². The predicted molar refractivity (Wildman–Crippen MR) is 222 cm³/mol. The van der Waals surface area contributed by atoms with Crippen molar-refractivity contribution in [2.45, 2.75) is 89.1 Å². The molecule has 8 heteroatoms. The van der Waals surface area contributed by atoms with E-state index in [2.05, 4.69) is 47.5 Å². The molecular weight excluding hydrogens is 711 g/mol. The fraction of sp³-hybridized carbons (Fsp3) is 0.347. The van der Waals surface area contributed by atoms with E-state index in [9.17, 15) is 19.8 Å². The van der Waals surface area contributed by atoms with Crippen LogP contribution in [-0.4, -0.2) is 39.4 Å². The van der Waals surface area contributed by atoms with Crippen molar-refractivity contribution in [2.24, 2.45) is 11.8 Å². The molecule has 0 saturated heterocycles. The summed E-state index contributed by atoms with van der Waals surface area (Å²) in [6.45, 7) is 0.301. The van der Waals surface area contributed by atoms with E-state index in [0.717, 1.165) is 100 Å². The Hall–Kier alpha value is -5.76. The van der Waals surface area contributed by atoms with Crippen molar-refractivity contribution in [1.29, 1.82) is 0 Å². The first kappa shape index (κ1) is 36.9. The van der Waals surface area contributed by atoms with E-state index in [0.29, 0.717) is 38.0 Å². The lowest BCUT2D eigenvalue weighted by Gasteiger charge is -2.37. The molecule has 2 aromatic heterocycles. The van der Waals surface area contributed by atoms with E-state index in [4.69, 9.17) is 15.0 Å². The molecule has 0 unspecified atom stereocenters. The third-order valence-corrected chi connectivity index (χ3v) is 12.6. The fourth-order valence-electron chi connectivity index (χ4n) is 9.64. The number of carbonyl (C=O) groups excluding carboxylic acids is 2. The summed E-state index contributed by atoms with van der Waals surface area (Å²) in [4.78, 5) is 36.6. The number of nitrogens with one attached hydrogen (secondary N) is 1. The molecule has 292 valence electrons. The van der Waals surface area contributed by atoms with Gasteiger partial charge in [-0.15, -0.1) is 5.69 Å². The summed E-state index contributed by atoms with van der Waals surface area (Å²) in [6, 6.07) is 22.1. The zero-order chi connectivity index (χ0) is 38.9. The number of aromatic nitrogens is 2. The zero-order valence-corrected chi connectivity index (χ0v) is 32.3. The van der Waals surface area contributed by atoms with Crippen LogP contribution in [0, 0.1) is 11.8 Å². The summed E-state index contributed by atoms with van der Waals surface area (Å²) >= 11 is 0. The predicted octanol–water partition coefficient (Wildman–Crippen LogP) is 9.83. The number of hydrogen-bond acceptors (Lipinski definition) is 5. The van der Waals surface area contributed by atoms with Gasteiger partial charge < -0.3 is 30.2 Å². The molecule has 5 aromatic rings. The van der Waals surface area contributed by atoms with Crippen LogP contribution >= 0.6 is 0 Å². The van der Waals surface area contributed by atoms with Crippen molar-refractivity contribution in [3.63, 3.8) is 0 Å². The number of carbonyl (C=O) groups is 2. The van der Waals surface area contributed by atoms with Crippen molar-refractivity contribution < 1.29 is 24.5 Å². The molecule has 3 heterocycles. The lowest BCUT2D eigenvalue weighted by Crippen LogP contribution is -2.31. The van der Waals surface area contributed by atoms with E-state index in [1.165, 1.54) is 0 Å². The molecule has 0 spiro atoms. The highest BCUT2D eigenvalue weighted by Crippen LogP contribution is 2.46. The average Bonchev–Trinajstić information content (AvgIpc) is 3.97. The number of rotatable bonds is 4. The van der Waals surface area contributed by atoms with Gasteiger partial charge >= 0.3 is 0 Å². The molecule has 9 rings (SSSR count). The molecule has 1 fully saturated rings. The number of ketones is 2. The first-order chi connectivity index (χ1) is 27.8. The Morgan fingerprint density at radius 3 is 2.49 bits per heavy atom. The number of H-pyrrole nitrogens is 1. The molecule has 0 radical (unpaired) electrons. The molecule has 3 atom stereocenters. The SMILES string of the molecule is O=C1CCc2cc(c(O)c(OC3CCCC3)c2)Cc2cccc(c2)Cc2cc[nH]c2[N-]CC2=Cc3[n-]ccc3[C@H](C[C@H]3C=Cc4c(O)cccc4CC3)[C@@H]2C(=O)C1. The summed E-state index contributed by atoms with van der Waals surface area (Å²) in [5.74, 6) is 0.914. The number of phenolic OH excluding ortho intramolecular Hbond substituents is 2. The van der Waals surface area contributed by atoms with Gasteiger partial charge in [-0.25, -0.2) is 0 Å². The third kappa shape index (κ3) is 7.95. The minimum atomic E-state index is -0.536. The summed E-state index contributed by atoms with van der Waals surface area (Å²) < 4.78 is 6.40. The normalized spacial score (nSPS) is 21.4. The summed E-state index contributed by atoms with van der Waals surface area (Å²) in [5.41, 5.74) is 9.68. The number of ether oxygens (including phenoxy) is 1. The van der Waals surface area contributed by atoms with Gasteiger partial charge in [0, 0.05) is 29.9 Å². The number of aryl methyl sites for hydroxylation is 2. The molecule has 3 aliphatic carbocycles. The van der Waals surface area contributed by atoms with Crippen LogP contribution in [0.1, 0.15) is 107 Å². The van der Waals surface area contributed by atoms with Crippen LogP contribution in [0.3, 0.4) is 0 Å². The standard InChI is InChI=1S/C49H49N3O5/c53-38-15-12-33-24-36(48(56)46(26-33)57-39-8-1-2-9-39)23-32-6-3-5-31(21-32)22-35-17-19-51-49(35)52-29-37-27-43-41(18-20-50-43)42(47(37)45(55)28-38)25-30-11-14-34-7-4-10-44(54)40(34)16-13-30/h3-7,10,13,16-21,24,26-27,30,39,42,47,51,54,56H,1-2,8-9,11-12,14-15,22-23,25,28-29H2/q-2/t30-,42+,47-/m1/s1. The zero-order valence-electron chi connectivity index (χ0n) is 32.3. The van der Waals surface area contributed by atoms with Crippen molar-refractivity contribution in [1.82, 2.24) is 9.97 Å². The van der Waals surface area contributed by atoms with Gasteiger partial charge in [0.05, 0.1) is 12.5 Å². The van der Waals surface area contributed by atoms with Crippen molar-refractivity contribution in [3.05, 3.63) is 146 Å². The molecule has 3 N–H and O–H groups in total. The second kappa shape index (κ2) is 16.0. The Morgan fingerprint density at radius 2 is 1.63 bits per heavy atom. The lowest BCUT2D eigenvalue weighted by atomic mass is 9.69. The van der Waals surface area contributed by atoms with Gasteiger partial charge in [-0.2, -0.15) is 6.20 Å². The largest absolute Gasteiger partial charge is 0.664 e. The van der Waals surface area contributed by atoms with E-state index in [1.807, 2.05) is 48.8 Å². The summed E-state index contributed by atoms with van der Waals surface area (Å²) in [6.07, 6.45) is 18.2. The number of fused-ring (bicyclic) bond motifs is 8. The molecule has 57 heavy (non-hydrogen) atoms. The van der Waals surface area contributed by atoms with Gasteiger partial charge in [0.2, 0.25) is 0 Å². The highest BCUT2D eigenvalue weighted by Gasteiger charge is 2.37. The summed E-state index contributed by atoms with van der Waals surface area (Å²) in [5, 5.41) is 27.2. The van der Waals surface area contributed by atoms with Crippen LogP contribution in [0.25, 0.3) is 17.5 Å². The molecule has 4 bridgehead atoms. The Morgan fingerprint density at radius 1 is 0.807 bits per heavy atom. The van der Waals surface area contributed by atoms with Crippen LogP contribution in [0.4, 0.5) is 5.82 Å². The minimum absolute atomic E-state index is 0.0665. The van der Waals surface area contributed by atoms with E-state index in [-0.39, 0.29) is 53.8 Å². The van der Waals surface area contributed by atoms with Crippen LogP contribution in [0.2, 0.25) is 0 Å². The highest BCUT2D eigenvalue weighted by atomic mass is 16.5. The van der Waals surface area contributed by atoms with Gasteiger partial charge in [0.25, 0.3) is 0 Å². The van der Waals surface area contributed by atoms with Crippen LogP contribution < -0.4 is 9.72 Å². The average molecular weight is 760 g/mol. The number of allylic oxidation sites excluding steroid dienone is 1. The van der Waals surface area contributed by atoms with Gasteiger partial charge in [-0.05, 0) is 116 Å². The lowest BCUT2D eigenvalue weighted by molar-refractivity contribution is -0.129.